The number of nitrogens with zero attached hydrogens (tertiary/aromatic N) is 1. The van der Waals surface area contributed by atoms with E-state index < -0.39 is 23.7 Å². The third-order valence-corrected chi connectivity index (χ3v) is 8.37. The smallest absolute Gasteiger partial charge is 0.234 e. The van der Waals surface area contributed by atoms with Crippen LogP contribution in [0.1, 0.15) is 36.8 Å². The molecule has 4 atom stereocenters. The summed E-state index contributed by atoms with van der Waals surface area (Å²) in [6.07, 6.45) is 3.99. The molecule has 1 fully saturated rings. The number of benzene rings is 2. The molecule has 1 heterocycles. The number of Topliss-reactive ketones (excluding diaryl/α,β-unsaturated/α-hetero) is 1. The first-order valence-corrected chi connectivity index (χ1v) is 12.8. The van der Waals surface area contributed by atoms with E-state index in [9.17, 15) is 24.3 Å². The number of fused-ring (bicyclic) bond motifs is 3. The maximum Gasteiger partial charge on any atom is 0.234 e. The lowest BCUT2D eigenvalue weighted by Crippen LogP contribution is -2.39. The molecule has 2 amide bonds. The molecular formula is C31H27NO6. The zero-order chi connectivity index (χ0) is 26.7. The SMILES string of the molecule is COc1cc(C2C3=CCC4C(=O)N(Cc5ccccc5)C(=O)C4C3CC3=C2C(=O)C=C(C)C3=O)ccc1O. The minimum Gasteiger partial charge on any atom is -0.504 e. The van der Waals surface area contributed by atoms with Crippen LogP contribution in [0.2, 0.25) is 0 Å². The number of hydrogen-bond acceptors (Lipinski definition) is 6. The van der Waals surface area contributed by atoms with Crippen molar-refractivity contribution in [2.75, 3.05) is 7.11 Å². The highest BCUT2D eigenvalue weighted by Crippen LogP contribution is 2.55. The number of ether oxygens (including phenoxy) is 1. The Kier molecular flexibility index (Phi) is 5.67. The number of carbonyl (C=O) groups is 4. The van der Waals surface area contributed by atoms with Crippen molar-refractivity contribution in [3.63, 3.8) is 0 Å². The van der Waals surface area contributed by atoms with E-state index in [1.54, 1.807) is 19.1 Å². The van der Waals surface area contributed by atoms with E-state index in [1.807, 2.05) is 36.4 Å². The lowest BCUT2D eigenvalue weighted by Gasteiger charge is -2.42. The monoisotopic (exact) mass is 509 g/mol. The minimum absolute atomic E-state index is 0.0367. The summed E-state index contributed by atoms with van der Waals surface area (Å²) in [6, 6.07) is 14.3. The van der Waals surface area contributed by atoms with Crippen molar-refractivity contribution in [1.82, 2.24) is 4.90 Å². The molecule has 192 valence electrons. The van der Waals surface area contributed by atoms with Crippen LogP contribution in [0.5, 0.6) is 11.5 Å². The number of hydrogen-bond donors (Lipinski definition) is 1. The van der Waals surface area contributed by atoms with E-state index in [4.69, 9.17) is 4.74 Å². The summed E-state index contributed by atoms with van der Waals surface area (Å²) < 4.78 is 5.33. The predicted molar refractivity (Wildman–Crippen MR) is 138 cm³/mol. The van der Waals surface area contributed by atoms with Gasteiger partial charge in [0.2, 0.25) is 11.8 Å². The number of likely N-dealkylation sites (tertiary alicyclic amines) is 1. The van der Waals surface area contributed by atoms with E-state index in [2.05, 4.69) is 0 Å². The molecule has 0 aromatic heterocycles. The molecular weight excluding hydrogens is 482 g/mol. The zero-order valence-corrected chi connectivity index (χ0v) is 21.1. The number of ketones is 2. The summed E-state index contributed by atoms with van der Waals surface area (Å²) in [5.74, 6) is -2.70. The van der Waals surface area contributed by atoms with Crippen LogP contribution in [0.15, 0.2) is 83.0 Å². The van der Waals surface area contributed by atoms with Crippen molar-refractivity contribution in [3.05, 3.63) is 94.1 Å². The highest BCUT2D eigenvalue weighted by Gasteiger charge is 2.56. The molecule has 1 N–H and O–H groups in total. The van der Waals surface area contributed by atoms with Crippen LogP contribution in [0.4, 0.5) is 0 Å². The molecule has 1 saturated heterocycles. The third-order valence-electron chi connectivity index (χ3n) is 8.37. The van der Waals surface area contributed by atoms with Crippen LogP contribution in [0.25, 0.3) is 0 Å². The molecule has 6 rings (SSSR count). The van der Waals surface area contributed by atoms with Crippen molar-refractivity contribution in [3.8, 4) is 11.5 Å². The Bertz CT molecular complexity index is 1500. The second-order valence-electron chi connectivity index (χ2n) is 10.4. The largest absolute Gasteiger partial charge is 0.504 e. The van der Waals surface area contributed by atoms with E-state index in [1.165, 1.54) is 24.2 Å². The van der Waals surface area contributed by atoms with Gasteiger partial charge in [0.25, 0.3) is 0 Å². The van der Waals surface area contributed by atoms with Crippen molar-refractivity contribution < 1.29 is 29.0 Å². The molecule has 38 heavy (non-hydrogen) atoms. The number of imide groups is 1. The average Bonchev–Trinajstić information content (AvgIpc) is 3.16. The molecule has 4 unspecified atom stereocenters. The summed E-state index contributed by atoms with van der Waals surface area (Å²) in [7, 11) is 1.45. The fourth-order valence-electron chi connectivity index (χ4n) is 6.62. The molecule has 7 nitrogen and oxygen atoms in total. The first-order chi connectivity index (χ1) is 18.3. The standard InChI is InChI=1S/C31H27NO6/c1-16-12-24(34)28-22(29(16)35)14-21-19(26(28)18-8-11-23(33)25(13-18)38-2)9-10-20-27(21)31(37)32(30(20)36)15-17-6-4-3-5-7-17/h3-9,11-13,20-21,26-27,33H,10,14-15H2,1-2H3. The van der Waals surface area contributed by atoms with Gasteiger partial charge in [0, 0.05) is 22.6 Å². The lowest BCUT2D eigenvalue weighted by molar-refractivity contribution is -0.140. The normalized spacial score (nSPS) is 26.5. The number of methoxy groups -OCH3 is 1. The Balaban J connectivity index is 1.45. The highest BCUT2D eigenvalue weighted by atomic mass is 16.5. The predicted octanol–water partition coefficient (Wildman–Crippen LogP) is 4.03. The van der Waals surface area contributed by atoms with Crippen LogP contribution in [-0.2, 0) is 25.7 Å². The van der Waals surface area contributed by atoms with Crippen LogP contribution in [0.3, 0.4) is 0 Å². The maximum atomic E-state index is 13.8. The second kappa shape index (κ2) is 8.94. The number of aromatic hydroxyl groups is 1. The van der Waals surface area contributed by atoms with Gasteiger partial charge < -0.3 is 9.84 Å². The van der Waals surface area contributed by atoms with Gasteiger partial charge in [-0.05, 0) is 55.0 Å². The van der Waals surface area contributed by atoms with Crippen molar-refractivity contribution in [2.45, 2.75) is 32.2 Å². The summed E-state index contributed by atoms with van der Waals surface area (Å²) in [5, 5.41) is 10.2. The number of amides is 2. The fraction of sp³-hybridized carbons (Fsp3) is 0.290. The molecule has 0 radical (unpaired) electrons. The molecule has 2 aromatic rings. The topological polar surface area (TPSA) is 101 Å². The lowest BCUT2D eigenvalue weighted by atomic mass is 9.59. The van der Waals surface area contributed by atoms with E-state index >= 15 is 0 Å². The first kappa shape index (κ1) is 24.1. The molecule has 0 spiro atoms. The highest BCUT2D eigenvalue weighted by molar-refractivity contribution is 6.23. The minimum atomic E-state index is -0.601. The molecule has 3 aliphatic carbocycles. The summed E-state index contributed by atoms with van der Waals surface area (Å²) in [4.78, 5) is 55.3. The Morgan fingerprint density at radius 3 is 2.50 bits per heavy atom. The van der Waals surface area contributed by atoms with Gasteiger partial charge in [-0.15, -0.1) is 0 Å². The van der Waals surface area contributed by atoms with Crippen molar-refractivity contribution >= 4 is 23.4 Å². The Morgan fingerprint density at radius 2 is 1.76 bits per heavy atom. The number of phenols is 1. The van der Waals surface area contributed by atoms with E-state index in [-0.39, 0.29) is 47.8 Å². The third kappa shape index (κ3) is 3.56. The Morgan fingerprint density at radius 1 is 1.00 bits per heavy atom. The molecule has 4 aliphatic rings. The summed E-state index contributed by atoms with van der Waals surface area (Å²) >= 11 is 0. The molecule has 0 saturated carbocycles. The van der Waals surface area contributed by atoms with Gasteiger partial charge in [-0.25, -0.2) is 0 Å². The molecule has 0 bridgehead atoms. The Hall–Kier alpha value is -4.26. The van der Waals surface area contributed by atoms with E-state index in [0.717, 1.165) is 11.1 Å². The molecule has 1 aliphatic heterocycles. The van der Waals surface area contributed by atoms with Gasteiger partial charge in [0.05, 0.1) is 25.5 Å². The summed E-state index contributed by atoms with van der Waals surface area (Å²) in [6.45, 7) is 1.84. The van der Waals surface area contributed by atoms with Gasteiger partial charge in [-0.3, -0.25) is 24.1 Å². The number of phenolic OH excluding ortho intramolecular Hbond substituents is 1. The zero-order valence-electron chi connectivity index (χ0n) is 21.1. The second-order valence-corrected chi connectivity index (χ2v) is 10.4. The van der Waals surface area contributed by atoms with Crippen LogP contribution in [-0.4, -0.2) is 40.5 Å². The van der Waals surface area contributed by atoms with Crippen molar-refractivity contribution in [2.24, 2.45) is 17.8 Å². The van der Waals surface area contributed by atoms with E-state index in [0.29, 0.717) is 28.7 Å². The van der Waals surface area contributed by atoms with Crippen LogP contribution < -0.4 is 4.74 Å². The average molecular weight is 510 g/mol. The van der Waals surface area contributed by atoms with Gasteiger partial charge in [-0.1, -0.05) is 48.0 Å². The fourth-order valence-corrected chi connectivity index (χ4v) is 6.62. The molecule has 2 aromatic carbocycles. The number of allylic oxidation sites excluding steroid dienone is 6. The van der Waals surface area contributed by atoms with Crippen LogP contribution in [0, 0.1) is 17.8 Å². The Labute approximate surface area is 220 Å². The number of rotatable bonds is 4. The van der Waals surface area contributed by atoms with Gasteiger partial charge >= 0.3 is 0 Å². The molecule has 7 heteroatoms. The quantitative estimate of drug-likeness (QED) is 0.380. The number of carbonyl (C=O) groups excluding carboxylic acids is 4. The first-order valence-electron chi connectivity index (χ1n) is 12.8. The van der Waals surface area contributed by atoms with Gasteiger partial charge in [0.15, 0.2) is 23.1 Å². The summed E-state index contributed by atoms with van der Waals surface area (Å²) in [5.41, 5.74) is 3.62. The van der Waals surface area contributed by atoms with Crippen LogP contribution >= 0.6 is 0 Å². The van der Waals surface area contributed by atoms with Gasteiger partial charge in [0.1, 0.15) is 0 Å². The maximum absolute atomic E-state index is 13.8. The van der Waals surface area contributed by atoms with Gasteiger partial charge in [-0.2, -0.15) is 0 Å². The van der Waals surface area contributed by atoms with Crippen molar-refractivity contribution in [1.29, 1.82) is 0 Å².